The second kappa shape index (κ2) is 6.13. The maximum Gasteiger partial charge on any atom is 0.273 e. The van der Waals surface area contributed by atoms with Crippen LogP contribution in [0.25, 0.3) is 0 Å². The van der Waals surface area contributed by atoms with E-state index in [1.807, 2.05) is 6.92 Å². The molecule has 116 valence electrons. The normalized spacial score (nSPS) is 18.3. The van der Waals surface area contributed by atoms with Crippen molar-refractivity contribution >= 4 is 11.6 Å². The summed E-state index contributed by atoms with van der Waals surface area (Å²) in [7, 11) is 0. The van der Waals surface area contributed by atoms with Crippen molar-refractivity contribution in [3.8, 4) is 0 Å². The molecule has 3 rings (SSSR count). The van der Waals surface area contributed by atoms with E-state index in [0.29, 0.717) is 6.54 Å². The van der Waals surface area contributed by atoms with Crippen molar-refractivity contribution in [2.24, 2.45) is 0 Å². The molecule has 0 saturated carbocycles. The Labute approximate surface area is 127 Å². The van der Waals surface area contributed by atoms with Crippen LogP contribution in [0.3, 0.4) is 0 Å². The Balaban J connectivity index is 1.67. The molecule has 0 aliphatic carbocycles. The highest BCUT2D eigenvalue weighted by Gasteiger charge is 2.23. The highest BCUT2D eigenvalue weighted by atomic mass is 19.1. The molecule has 1 atom stereocenters. The molecular weight excluding hydrogens is 285 g/mol. The molecule has 0 bridgehead atoms. The van der Waals surface area contributed by atoms with Crippen molar-refractivity contribution in [1.82, 2.24) is 20.7 Å². The van der Waals surface area contributed by atoms with E-state index in [1.54, 1.807) is 6.07 Å². The van der Waals surface area contributed by atoms with Gasteiger partial charge >= 0.3 is 0 Å². The van der Waals surface area contributed by atoms with Crippen LogP contribution in [0.5, 0.6) is 0 Å². The zero-order chi connectivity index (χ0) is 15.5. The number of carbonyl (C=O) groups excluding carboxylic acids is 1. The number of aromatic amines is 1. The van der Waals surface area contributed by atoms with Gasteiger partial charge < -0.3 is 10.2 Å². The zero-order valence-electron chi connectivity index (χ0n) is 12.3. The van der Waals surface area contributed by atoms with Gasteiger partial charge in [0.25, 0.3) is 5.91 Å². The van der Waals surface area contributed by atoms with Crippen LogP contribution in [0.4, 0.5) is 10.1 Å². The molecule has 1 aromatic heterocycles. The SMILES string of the molecule is Cc1cc(F)ccc1N1CCCC(NC(=O)c2cn[nH]n2)C1. The number of aromatic nitrogens is 3. The number of piperidine rings is 1. The maximum absolute atomic E-state index is 13.2. The molecule has 1 unspecified atom stereocenters. The highest BCUT2D eigenvalue weighted by Crippen LogP contribution is 2.24. The molecule has 7 heteroatoms. The van der Waals surface area contributed by atoms with Crippen LogP contribution in [0, 0.1) is 12.7 Å². The third-order valence-electron chi connectivity index (χ3n) is 3.90. The summed E-state index contributed by atoms with van der Waals surface area (Å²) in [6.07, 6.45) is 3.29. The summed E-state index contributed by atoms with van der Waals surface area (Å²) in [5.41, 5.74) is 2.21. The van der Waals surface area contributed by atoms with Gasteiger partial charge in [-0.1, -0.05) is 0 Å². The predicted molar refractivity (Wildman–Crippen MR) is 80.2 cm³/mol. The first kappa shape index (κ1) is 14.5. The van der Waals surface area contributed by atoms with Crippen molar-refractivity contribution < 1.29 is 9.18 Å². The molecule has 2 N–H and O–H groups in total. The van der Waals surface area contributed by atoms with E-state index in [0.717, 1.165) is 30.6 Å². The van der Waals surface area contributed by atoms with E-state index >= 15 is 0 Å². The number of nitrogens with one attached hydrogen (secondary N) is 2. The highest BCUT2D eigenvalue weighted by molar-refractivity contribution is 5.92. The van der Waals surface area contributed by atoms with Gasteiger partial charge in [0.05, 0.1) is 6.20 Å². The van der Waals surface area contributed by atoms with Crippen LogP contribution in [-0.4, -0.2) is 40.4 Å². The molecule has 6 nitrogen and oxygen atoms in total. The number of hydrogen-bond acceptors (Lipinski definition) is 4. The van der Waals surface area contributed by atoms with Crippen LogP contribution in [0.2, 0.25) is 0 Å². The van der Waals surface area contributed by atoms with Crippen LogP contribution in [0.15, 0.2) is 24.4 Å². The number of anilines is 1. The average Bonchev–Trinajstić information content (AvgIpc) is 3.02. The minimum absolute atomic E-state index is 0.0439. The smallest absolute Gasteiger partial charge is 0.273 e. The van der Waals surface area contributed by atoms with Gasteiger partial charge in [-0.25, -0.2) is 4.39 Å². The topological polar surface area (TPSA) is 73.9 Å². The molecule has 1 aliphatic heterocycles. The largest absolute Gasteiger partial charge is 0.369 e. The van der Waals surface area contributed by atoms with Gasteiger partial charge in [-0.15, -0.1) is 0 Å². The fourth-order valence-electron chi connectivity index (χ4n) is 2.86. The van der Waals surface area contributed by atoms with Crippen molar-refractivity contribution in [2.45, 2.75) is 25.8 Å². The first-order valence-electron chi connectivity index (χ1n) is 7.31. The van der Waals surface area contributed by atoms with Crippen molar-refractivity contribution in [2.75, 3.05) is 18.0 Å². The monoisotopic (exact) mass is 303 g/mol. The van der Waals surface area contributed by atoms with E-state index in [4.69, 9.17) is 0 Å². The number of benzene rings is 1. The molecular formula is C15H18FN5O. The molecule has 2 aromatic rings. The van der Waals surface area contributed by atoms with Gasteiger partial charge in [0, 0.05) is 24.8 Å². The van der Waals surface area contributed by atoms with Gasteiger partial charge in [-0.3, -0.25) is 4.79 Å². The Morgan fingerprint density at radius 3 is 3.09 bits per heavy atom. The molecule has 0 radical (unpaired) electrons. The van der Waals surface area contributed by atoms with Crippen molar-refractivity contribution in [3.05, 3.63) is 41.5 Å². The number of nitrogens with zero attached hydrogens (tertiary/aromatic N) is 3. The molecule has 22 heavy (non-hydrogen) atoms. The van der Waals surface area contributed by atoms with Crippen LogP contribution in [0.1, 0.15) is 28.9 Å². The summed E-state index contributed by atoms with van der Waals surface area (Å²) in [6, 6.07) is 4.85. The Morgan fingerprint density at radius 1 is 1.50 bits per heavy atom. The van der Waals surface area contributed by atoms with E-state index in [2.05, 4.69) is 25.6 Å². The number of hydrogen-bond donors (Lipinski definition) is 2. The third kappa shape index (κ3) is 3.08. The molecule has 1 fully saturated rings. The number of amides is 1. The summed E-state index contributed by atoms with van der Waals surface area (Å²) in [6.45, 7) is 3.51. The Kier molecular flexibility index (Phi) is 4.04. The molecule has 1 saturated heterocycles. The Morgan fingerprint density at radius 2 is 2.36 bits per heavy atom. The predicted octanol–water partition coefficient (Wildman–Crippen LogP) is 1.65. The van der Waals surface area contributed by atoms with Crippen LogP contribution >= 0.6 is 0 Å². The van der Waals surface area contributed by atoms with E-state index < -0.39 is 0 Å². The number of carbonyl (C=O) groups is 1. The molecule has 0 spiro atoms. The number of aryl methyl sites for hydroxylation is 1. The van der Waals surface area contributed by atoms with Crippen molar-refractivity contribution in [3.63, 3.8) is 0 Å². The Bertz CT molecular complexity index is 658. The fourth-order valence-corrected chi connectivity index (χ4v) is 2.86. The lowest BCUT2D eigenvalue weighted by atomic mass is 10.0. The lowest BCUT2D eigenvalue weighted by Crippen LogP contribution is -2.48. The van der Waals surface area contributed by atoms with Crippen LogP contribution < -0.4 is 10.2 Å². The minimum atomic E-state index is -0.228. The minimum Gasteiger partial charge on any atom is -0.369 e. The number of rotatable bonds is 3. The summed E-state index contributed by atoms with van der Waals surface area (Å²) in [5, 5.41) is 12.8. The third-order valence-corrected chi connectivity index (χ3v) is 3.90. The zero-order valence-corrected chi connectivity index (χ0v) is 12.3. The second-order valence-electron chi connectivity index (χ2n) is 5.54. The molecule has 1 aliphatic rings. The van der Waals surface area contributed by atoms with Gasteiger partial charge in [0.1, 0.15) is 5.82 Å². The standard InChI is InChI=1S/C15H18FN5O/c1-10-7-11(16)4-5-14(10)21-6-2-3-12(9-21)18-15(22)13-8-17-20-19-13/h4-5,7-8,12H,2-3,6,9H2,1H3,(H,18,22)(H,17,19,20). The van der Waals surface area contributed by atoms with Gasteiger partial charge in [-0.2, -0.15) is 15.4 Å². The van der Waals surface area contributed by atoms with Gasteiger partial charge in [-0.05, 0) is 43.5 Å². The molecule has 2 heterocycles. The van der Waals surface area contributed by atoms with Crippen LogP contribution in [-0.2, 0) is 0 Å². The molecule has 1 aromatic carbocycles. The second-order valence-corrected chi connectivity index (χ2v) is 5.54. The summed E-state index contributed by atoms with van der Waals surface area (Å²) in [4.78, 5) is 14.2. The fraction of sp³-hybridized carbons (Fsp3) is 0.400. The molecule has 1 amide bonds. The van der Waals surface area contributed by atoms with E-state index in [1.165, 1.54) is 18.3 Å². The quantitative estimate of drug-likeness (QED) is 0.904. The van der Waals surface area contributed by atoms with Gasteiger partial charge in [0.15, 0.2) is 5.69 Å². The first-order chi connectivity index (χ1) is 10.6. The summed E-state index contributed by atoms with van der Waals surface area (Å²) < 4.78 is 13.2. The summed E-state index contributed by atoms with van der Waals surface area (Å²) in [5.74, 6) is -0.453. The Hall–Kier alpha value is -2.44. The lowest BCUT2D eigenvalue weighted by Gasteiger charge is -2.35. The maximum atomic E-state index is 13.2. The number of H-pyrrole nitrogens is 1. The van der Waals surface area contributed by atoms with Crippen molar-refractivity contribution in [1.29, 1.82) is 0 Å². The average molecular weight is 303 g/mol. The van der Waals surface area contributed by atoms with E-state index in [9.17, 15) is 9.18 Å². The lowest BCUT2D eigenvalue weighted by molar-refractivity contribution is 0.0928. The first-order valence-corrected chi connectivity index (χ1v) is 7.31. The van der Waals surface area contributed by atoms with E-state index in [-0.39, 0.29) is 23.5 Å². The number of halogens is 1. The van der Waals surface area contributed by atoms with Gasteiger partial charge in [0.2, 0.25) is 0 Å². The summed E-state index contributed by atoms with van der Waals surface area (Å²) >= 11 is 0.